The summed E-state index contributed by atoms with van der Waals surface area (Å²) in [5.74, 6) is 0. The van der Waals surface area contributed by atoms with Gasteiger partial charge in [-0.05, 0) is 55.4 Å². The molecule has 4 nitrogen and oxygen atoms in total. The average molecular weight is 405 g/mol. The van der Waals surface area contributed by atoms with Crippen LogP contribution in [0.5, 0.6) is 0 Å². The summed E-state index contributed by atoms with van der Waals surface area (Å²) in [6.45, 7) is 4.66. The summed E-state index contributed by atoms with van der Waals surface area (Å²) in [6, 6.07) is 11.6. The Morgan fingerprint density at radius 2 is 1.92 bits per heavy atom. The summed E-state index contributed by atoms with van der Waals surface area (Å²) >= 11 is 17.5. The van der Waals surface area contributed by atoms with Crippen molar-refractivity contribution in [3.63, 3.8) is 0 Å². The van der Waals surface area contributed by atoms with Crippen molar-refractivity contribution < 1.29 is 0 Å². The molecule has 0 amide bonds. The standard InChI is InChI=1S/C19H18Cl2N4S/c1-12-3-6-18(13(2)7-12)24-19(26)23-16-9-22-25(11-16)10-14-4-5-15(20)8-17(14)21/h3-9,11H,10H2,1-2H3,(H2,23,24,26). The summed E-state index contributed by atoms with van der Waals surface area (Å²) in [5, 5.41) is 12.4. The molecule has 3 rings (SSSR count). The number of aryl methyl sites for hydroxylation is 2. The molecule has 0 fully saturated rings. The van der Waals surface area contributed by atoms with Crippen LogP contribution in [-0.4, -0.2) is 14.9 Å². The Morgan fingerprint density at radius 3 is 2.65 bits per heavy atom. The van der Waals surface area contributed by atoms with E-state index in [0.29, 0.717) is 21.7 Å². The zero-order valence-corrected chi connectivity index (χ0v) is 16.7. The van der Waals surface area contributed by atoms with Gasteiger partial charge in [0, 0.05) is 21.9 Å². The highest BCUT2D eigenvalue weighted by Crippen LogP contribution is 2.22. The molecular formula is C19H18Cl2N4S. The molecule has 0 radical (unpaired) electrons. The average Bonchev–Trinajstić information content (AvgIpc) is 3.00. The molecule has 0 spiro atoms. The molecule has 1 heterocycles. The highest BCUT2D eigenvalue weighted by molar-refractivity contribution is 7.80. The van der Waals surface area contributed by atoms with Gasteiger partial charge in [0.15, 0.2) is 5.11 Å². The Bertz CT molecular complexity index is 952. The second kappa shape index (κ2) is 8.08. The number of benzene rings is 2. The van der Waals surface area contributed by atoms with Crippen molar-refractivity contribution in [3.8, 4) is 0 Å². The molecule has 0 atom stereocenters. The van der Waals surface area contributed by atoms with Crippen molar-refractivity contribution >= 4 is 51.9 Å². The maximum atomic E-state index is 6.21. The zero-order chi connectivity index (χ0) is 18.7. The lowest BCUT2D eigenvalue weighted by molar-refractivity contribution is 0.687. The van der Waals surface area contributed by atoms with Crippen molar-refractivity contribution in [1.82, 2.24) is 9.78 Å². The van der Waals surface area contributed by atoms with Gasteiger partial charge in [0.25, 0.3) is 0 Å². The second-order valence-corrected chi connectivity index (χ2v) is 7.31. The topological polar surface area (TPSA) is 41.9 Å². The fourth-order valence-electron chi connectivity index (χ4n) is 2.58. The fourth-order valence-corrected chi connectivity index (χ4v) is 3.27. The molecule has 0 aliphatic rings. The molecule has 134 valence electrons. The van der Waals surface area contributed by atoms with Gasteiger partial charge >= 0.3 is 0 Å². The number of rotatable bonds is 4. The number of aromatic nitrogens is 2. The molecule has 0 saturated heterocycles. The number of nitrogens with one attached hydrogen (secondary N) is 2. The molecule has 2 aromatic carbocycles. The molecule has 26 heavy (non-hydrogen) atoms. The molecule has 3 aromatic rings. The van der Waals surface area contributed by atoms with Crippen molar-refractivity contribution in [3.05, 3.63) is 75.5 Å². The molecular weight excluding hydrogens is 387 g/mol. The molecule has 0 aliphatic heterocycles. The number of hydrogen-bond acceptors (Lipinski definition) is 2. The normalized spacial score (nSPS) is 10.6. The van der Waals surface area contributed by atoms with Crippen LogP contribution in [0.15, 0.2) is 48.8 Å². The minimum Gasteiger partial charge on any atom is -0.332 e. The molecule has 0 aliphatic carbocycles. The summed E-state index contributed by atoms with van der Waals surface area (Å²) in [6.07, 6.45) is 3.60. The van der Waals surface area contributed by atoms with Crippen LogP contribution in [-0.2, 0) is 6.54 Å². The summed E-state index contributed by atoms with van der Waals surface area (Å²) in [5.41, 5.74) is 5.09. The summed E-state index contributed by atoms with van der Waals surface area (Å²) < 4.78 is 1.79. The van der Waals surface area contributed by atoms with Crippen LogP contribution < -0.4 is 10.6 Å². The Balaban J connectivity index is 1.63. The summed E-state index contributed by atoms with van der Waals surface area (Å²) in [4.78, 5) is 0. The van der Waals surface area contributed by atoms with Gasteiger partial charge in [-0.1, -0.05) is 47.0 Å². The quantitative estimate of drug-likeness (QED) is 0.550. The highest BCUT2D eigenvalue weighted by Gasteiger charge is 2.06. The van der Waals surface area contributed by atoms with Crippen LogP contribution in [0.25, 0.3) is 0 Å². The third-order valence-corrected chi connectivity index (χ3v) is 4.66. The molecule has 0 saturated carbocycles. The SMILES string of the molecule is Cc1ccc(NC(=S)Nc2cnn(Cc3ccc(Cl)cc3Cl)c2)c(C)c1. The molecule has 0 bridgehead atoms. The van der Waals surface area contributed by atoms with Crippen LogP contribution in [0.3, 0.4) is 0 Å². The van der Waals surface area contributed by atoms with Gasteiger partial charge in [0.2, 0.25) is 0 Å². The Morgan fingerprint density at radius 1 is 1.12 bits per heavy atom. The van der Waals surface area contributed by atoms with Gasteiger partial charge in [0.05, 0.1) is 18.4 Å². The van der Waals surface area contributed by atoms with Crippen LogP contribution >= 0.6 is 35.4 Å². The summed E-state index contributed by atoms with van der Waals surface area (Å²) in [7, 11) is 0. The largest absolute Gasteiger partial charge is 0.332 e. The second-order valence-electron chi connectivity index (χ2n) is 6.06. The van der Waals surface area contributed by atoms with E-state index in [-0.39, 0.29) is 0 Å². The van der Waals surface area contributed by atoms with Crippen LogP contribution in [0.2, 0.25) is 10.0 Å². The smallest absolute Gasteiger partial charge is 0.175 e. The maximum absolute atomic E-state index is 6.21. The maximum Gasteiger partial charge on any atom is 0.175 e. The zero-order valence-electron chi connectivity index (χ0n) is 14.4. The van der Waals surface area contributed by atoms with Crippen LogP contribution in [0, 0.1) is 13.8 Å². The minimum atomic E-state index is 0.515. The van der Waals surface area contributed by atoms with Gasteiger partial charge in [-0.15, -0.1) is 0 Å². The molecule has 1 aromatic heterocycles. The predicted molar refractivity (Wildman–Crippen MR) is 114 cm³/mol. The first-order chi connectivity index (χ1) is 12.4. The van der Waals surface area contributed by atoms with E-state index < -0.39 is 0 Å². The van der Waals surface area contributed by atoms with E-state index in [4.69, 9.17) is 35.4 Å². The number of hydrogen-bond donors (Lipinski definition) is 2. The van der Waals surface area contributed by atoms with Gasteiger partial charge in [0.1, 0.15) is 0 Å². The first kappa shape index (κ1) is 18.7. The third kappa shape index (κ3) is 4.75. The van der Waals surface area contributed by atoms with E-state index in [1.807, 2.05) is 37.4 Å². The van der Waals surface area contributed by atoms with Gasteiger partial charge < -0.3 is 10.6 Å². The minimum absolute atomic E-state index is 0.515. The number of anilines is 2. The first-order valence-corrected chi connectivity index (χ1v) is 9.19. The Hall–Kier alpha value is -2.08. The van der Waals surface area contributed by atoms with E-state index in [1.54, 1.807) is 16.9 Å². The first-order valence-electron chi connectivity index (χ1n) is 8.02. The molecule has 7 heteroatoms. The fraction of sp³-hybridized carbons (Fsp3) is 0.158. The van der Waals surface area contributed by atoms with Gasteiger partial charge in [-0.2, -0.15) is 5.10 Å². The predicted octanol–water partition coefficient (Wildman–Crippen LogP) is 5.66. The third-order valence-electron chi connectivity index (χ3n) is 3.87. The van der Waals surface area contributed by atoms with Gasteiger partial charge in [-0.25, -0.2) is 0 Å². The lowest BCUT2D eigenvalue weighted by atomic mass is 10.1. The monoisotopic (exact) mass is 404 g/mol. The number of halogens is 2. The molecule has 2 N–H and O–H groups in total. The van der Waals surface area contributed by atoms with Crippen LogP contribution in [0.4, 0.5) is 11.4 Å². The van der Waals surface area contributed by atoms with E-state index in [1.165, 1.54) is 5.56 Å². The van der Waals surface area contributed by atoms with Crippen molar-refractivity contribution in [2.24, 2.45) is 0 Å². The van der Waals surface area contributed by atoms with Crippen molar-refractivity contribution in [2.45, 2.75) is 20.4 Å². The van der Waals surface area contributed by atoms with E-state index in [9.17, 15) is 0 Å². The molecule has 0 unspecified atom stereocenters. The highest BCUT2D eigenvalue weighted by atomic mass is 35.5. The van der Waals surface area contributed by atoms with Crippen molar-refractivity contribution in [1.29, 1.82) is 0 Å². The van der Waals surface area contributed by atoms with E-state index in [0.717, 1.165) is 22.5 Å². The van der Waals surface area contributed by atoms with Gasteiger partial charge in [-0.3, -0.25) is 4.68 Å². The van der Waals surface area contributed by atoms with E-state index >= 15 is 0 Å². The lowest BCUT2D eigenvalue weighted by Gasteiger charge is -2.12. The number of nitrogens with zero attached hydrogens (tertiary/aromatic N) is 2. The lowest BCUT2D eigenvalue weighted by Crippen LogP contribution is -2.19. The Labute approximate surface area is 168 Å². The van der Waals surface area contributed by atoms with Crippen molar-refractivity contribution in [2.75, 3.05) is 10.6 Å². The number of thiocarbonyl (C=S) groups is 1. The van der Waals surface area contributed by atoms with E-state index in [2.05, 4.69) is 28.7 Å². The van der Waals surface area contributed by atoms with Crippen LogP contribution in [0.1, 0.15) is 16.7 Å². The Kier molecular flexibility index (Phi) is 5.81.